The van der Waals surface area contributed by atoms with Gasteiger partial charge in [-0.3, -0.25) is 0 Å². The first-order valence-corrected chi connectivity index (χ1v) is 6.77. The van der Waals surface area contributed by atoms with Crippen molar-refractivity contribution in [2.75, 3.05) is 0 Å². The van der Waals surface area contributed by atoms with Crippen LogP contribution in [0, 0.1) is 11.7 Å². The first kappa shape index (κ1) is 16.0. The Kier molecular flexibility index (Phi) is 4.73. The summed E-state index contributed by atoms with van der Waals surface area (Å²) in [6.45, 7) is 0. The second kappa shape index (κ2) is 6.19. The van der Waals surface area contributed by atoms with E-state index in [2.05, 4.69) is 4.74 Å². The van der Waals surface area contributed by atoms with E-state index in [0.717, 1.165) is 37.8 Å². The summed E-state index contributed by atoms with van der Waals surface area (Å²) in [5.41, 5.74) is 6.14. The fourth-order valence-electron chi connectivity index (χ4n) is 2.72. The molecule has 0 saturated heterocycles. The van der Waals surface area contributed by atoms with E-state index < -0.39 is 30.1 Å². The van der Waals surface area contributed by atoms with Crippen molar-refractivity contribution in [3.8, 4) is 5.75 Å². The van der Waals surface area contributed by atoms with Gasteiger partial charge in [-0.2, -0.15) is 0 Å². The molecule has 2 rings (SSSR count). The molecule has 1 aromatic rings. The zero-order valence-corrected chi connectivity index (χ0v) is 11.2. The molecule has 1 fully saturated rings. The molecule has 0 amide bonds. The van der Waals surface area contributed by atoms with Crippen molar-refractivity contribution in [1.82, 2.24) is 0 Å². The largest absolute Gasteiger partial charge is 0.573 e. The normalized spacial score (nSPS) is 19.5. The van der Waals surface area contributed by atoms with Crippen LogP contribution in [-0.2, 0) is 0 Å². The topological polar surface area (TPSA) is 55.5 Å². The summed E-state index contributed by atoms with van der Waals surface area (Å²) in [6, 6.07) is 2.17. The Morgan fingerprint density at radius 2 is 1.86 bits per heavy atom. The van der Waals surface area contributed by atoms with Gasteiger partial charge < -0.3 is 15.6 Å². The predicted octanol–water partition coefficient (Wildman–Crippen LogP) is 3.28. The number of alkyl halides is 3. The molecule has 0 aliphatic heterocycles. The van der Waals surface area contributed by atoms with Crippen LogP contribution in [0.4, 0.5) is 17.6 Å². The third-order valence-corrected chi connectivity index (χ3v) is 3.82. The molecule has 118 valence electrons. The van der Waals surface area contributed by atoms with Crippen LogP contribution in [-0.4, -0.2) is 17.6 Å². The Morgan fingerprint density at radius 1 is 1.24 bits per heavy atom. The van der Waals surface area contributed by atoms with Crippen molar-refractivity contribution in [2.45, 2.75) is 44.2 Å². The Bertz CT molecular complexity index is 486. The highest BCUT2D eigenvalue weighted by atomic mass is 19.4. The van der Waals surface area contributed by atoms with Gasteiger partial charge in [0.25, 0.3) is 0 Å². The third-order valence-electron chi connectivity index (χ3n) is 3.82. The molecule has 0 unspecified atom stereocenters. The van der Waals surface area contributed by atoms with Crippen LogP contribution in [0.5, 0.6) is 5.75 Å². The van der Waals surface area contributed by atoms with Gasteiger partial charge in [0, 0.05) is 0 Å². The van der Waals surface area contributed by atoms with Gasteiger partial charge in [-0.1, -0.05) is 18.9 Å². The number of benzene rings is 1. The minimum Gasteiger partial charge on any atom is -0.403 e. The van der Waals surface area contributed by atoms with Crippen molar-refractivity contribution < 1.29 is 27.4 Å². The lowest BCUT2D eigenvalue weighted by Gasteiger charge is -2.24. The van der Waals surface area contributed by atoms with Gasteiger partial charge in [-0.25, -0.2) is 4.39 Å². The standard InChI is InChI=1S/C14H17F4NO2/c15-10-7-9(5-6-11(10)21-14(16,17)18)12(19)13(20)8-3-1-2-4-8/h5-8,12-13,20H,1-4,19H2/t12-,13+/m0/s1. The molecular formula is C14H17F4NO2. The molecule has 2 atom stereocenters. The van der Waals surface area contributed by atoms with Gasteiger partial charge in [-0.05, 0) is 36.5 Å². The molecule has 3 N–H and O–H groups in total. The Hall–Kier alpha value is -1.34. The molecule has 0 spiro atoms. The van der Waals surface area contributed by atoms with Crippen LogP contribution < -0.4 is 10.5 Å². The first-order chi connectivity index (χ1) is 9.78. The van der Waals surface area contributed by atoms with Gasteiger partial charge in [0.15, 0.2) is 11.6 Å². The number of halogens is 4. The number of hydrogen-bond donors (Lipinski definition) is 2. The van der Waals surface area contributed by atoms with Gasteiger partial charge >= 0.3 is 6.36 Å². The lowest BCUT2D eigenvalue weighted by atomic mass is 9.91. The summed E-state index contributed by atoms with van der Waals surface area (Å²) in [5.74, 6) is -2.01. The highest BCUT2D eigenvalue weighted by Crippen LogP contribution is 2.34. The monoisotopic (exact) mass is 307 g/mol. The molecule has 7 heteroatoms. The van der Waals surface area contributed by atoms with Gasteiger partial charge in [0.2, 0.25) is 0 Å². The fourth-order valence-corrected chi connectivity index (χ4v) is 2.72. The van der Waals surface area contributed by atoms with Crippen molar-refractivity contribution in [3.63, 3.8) is 0 Å². The van der Waals surface area contributed by atoms with E-state index in [1.807, 2.05) is 0 Å². The summed E-state index contributed by atoms with van der Waals surface area (Å²) >= 11 is 0. The fraction of sp³-hybridized carbons (Fsp3) is 0.571. The van der Waals surface area contributed by atoms with E-state index in [0.29, 0.717) is 0 Å². The third kappa shape index (κ3) is 4.07. The van der Waals surface area contributed by atoms with Crippen LogP contribution >= 0.6 is 0 Å². The maximum Gasteiger partial charge on any atom is 0.573 e. The number of hydrogen-bond acceptors (Lipinski definition) is 3. The second-order valence-corrected chi connectivity index (χ2v) is 5.30. The smallest absolute Gasteiger partial charge is 0.403 e. The van der Waals surface area contributed by atoms with Crippen molar-refractivity contribution in [2.24, 2.45) is 11.7 Å². The van der Waals surface area contributed by atoms with Crippen LogP contribution in [0.15, 0.2) is 18.2 Å². The van der Waals surface area contributed by atoms with E-state index >= 15 is 0 Å². The highest BCUT2D eigenvalue weighted by molar-refractivity contribution is 5.31. The summed E-state index contributed by atoms with van der Waals surface area (Å²) in [6.07, 6.45) is -2.05. The van der Waals surface area contributed by atoms with Crippen LogP contribution in [0.3, 0.4) is 0 Å². The Labute approximate surface area is 119 Å². The molecule has 1 saturated carbocycles. The average molecular weight is 307 g/mol. The molecule has 1 aliphatic rings. The van der Waals surface area contributed by atoms with Crippen LogP contribution in [0.2, 0.25) is 0 Å². The number of nitrogens with two attached hydrogens (primary N) is 1. The maximum atomic E-state index is 13.6. The summed E-state index contributed by atoms with van der Waals surface area (Å²) < 4.78 is 53.3. The molecule has 21 heavy (non-hydrogen) atoms. The summed E-state index contributed by atoms with van der Waals surface area (Å²) in [7, 11) is 0. The molecule has 0 aromatic heterocycles. The zero-order valence-electron chi connectivity index (χ0n) is 11.2. The molecule has 1 aromatic carbocycles. The van der Waals surface area contributed by atoms with E-state index in [-0.39, 0.29) is 11.5 Å². The SMILES string of the molecule is N[C@@H](c1ccc(OC(F)(F)F)c(F)c1)[C@H](O)C1CCCC1. The maximum absolute atomic E-state index is 13.6. The van der Waals surface area contributed by atoms with E-state index in [9.17, 15) is 22.7 Å². The second-order valence-electron chi connectivity index (χ2n) is 5.30. The quantitative estimate of drug-likeness (QED) is 0.839. The summed E-state index contributed by atoms with van der Waals surface area (Å²) in [4.78, 5) is 0. The zero-order chi connectivity index (χ0) is 15.6. The van der Waals surface area contributed by atoms with Gasteiger partial charge in [-0.15, -0.1) is 13.2 Å². The molecule has 3 nitrogen and oxygen atoms in total. The minimum absolute atomic E-state index is 0.0502. The van der Waals surface area contributed by atoms with Gasteiger partial charge in [0.1, 0.15) is 0 Å². The average Bonchev–Trinajstić information content (AvgIpc) is 2.92. The van der Waals surface area contributed by atoms with Crippen LogP contribution in [0.25, 0.3) is 0 Å². The van der Waals surface area contributed by atoms with E-state index in [1.165, 1.54) is 6.07 Å². The number of rotatable bonds is 4. The van der Waals surface area contributed by atoms with Crippen molar-refractivity contribution in [3.05, 3.63) is 29.6 Å². The molecule has 0 bridgehead atoms. The Balaban J connectivity index is 2.11. The lowest BCUT2D eigenvalue weighted by molar-refractivity contribution is -0.275. The highest BCUT2D eigenvalue weighted by Gasteiger charge is 2.33. The molecule has 0 radical (unpaired) electrons. The molecular weight excluding hydrogens is 290 g/mol. The van der Waals surface area contributed by atoms with E-state index in [4.69, 9.17) is 5.73 Å². The predicted molar refractivity (Wildman–Crippen MR) is 68.0 cm³/mol. The molecule has 0 heterocycles. The van der Waals surface area contributed by atoms with E-state index in [1.54, 1.807) is 0 Å². The number of aliphatic hydroxyl groups excluding tert-OH is 1. The number of aliphatic hydroxyl groups is 1. The Morgan fingerprint density at radius 3 is 2.38 bits per heavy atom. The van der Waals surface area contributed by atoms with Crippen molar-refractivity contribution in [1.29, 1.82) is 0 Å². The first-order valence-electron chi connectivity index (χ1n) is 6.77. The van der Waals surface area contributed by atoms with Gasteiger partial charge in [0.05, 0.1) is 12.1 Å². The lowest BCUT2D eigenvalue weighted by Crippen LogP contribution is -2.32. The summed E-state index contributed by atoms with van der Waals surface area (Å²) in [5, 5.41) is 10.2. The minimum atomic E-state index is -4.95. The van der Waals surface area contributed by atoms with Crippen molar-refractivity contribution >= 4 is 0 Å². The number of ether oxygens (including phenoxy) is 1. The molecule has 1 aliphatic carbocycles. The van der Waals surface area contributed by atoms with Crippen LogP contribution in [0.1, 0.15) is 37.3 Å².